The Morgan fingerprint density at radius 1 is 1.20 bits per heavy atom. The van der Waals surface area contributed by atoms with E-state index in [-0.39, 0.29) is 72.6 Å². The fourth-order valence-corrected chi connectivity index (χ4v) is 6.53. The molecule has 4 aromatic rings. The zero-order chi connectivity index (χ0) is 32.4. The number of hydrogen-bond donors (Lipinski definition) is 1. The van der Waals surface area contributed by atoms with Crippen LogP contribution in [0.4, 0.5) is 19.0 Å². The first-order chi connectivity index (χ1) is 22.2. The lowest BCUT2D eigenvalue weighted by Crippen LogP contribution is -2.55. The Morgan fingerprint density at radius 3 is 2.76 bits per heavy atom. The minimum Gasteiger partial charge on any atom is -0.507 e. The topological polar surface area (TPSA) is 119 Å². The van der Waals surface area contributed by atoms with Crippen LogP contribution in [0.3, 0.4) is 0 Å². The quantitative estimate of drug-likeness (QED) is 0.259. The van der Waals surface area contributed by atoms with Crippen LogP contribution in [0, 0.1) is 23.0 Å². The summed E-state index contributed by atoms with van der Waals surface area (Å²) in [5.41, 5.74) is -0.631. The van der Waals surface area contributed by atoms with Gasteiger partial charge in [-0.2, -0.15) is 15.2 Å². The number of nitriles is 1. The molecule has 0 unspecified atom stereocenters. The first-order valence-corrected chi connectivity index (χ1v) is 15.6. The second-order valence-electron chi connectivity index (χ2n) is 11.2. The number of carbonyl (C=O) groups is 1. The average molecular weight is 650 g/mol. The number of phenols is 1. The van der Waals surface area contributed by atoms with E-state index < -0.39 is 35.2 Å². The van der Waals surface area contributed by atoms with Gasteiger partial charge in [0.15, 0.2) is 11.6 Å². The highest BCUT2D eigenvalue weighted by atomic mass is 32.1. The third-order valence-corrected chi connectivity index (χ3v) is 9.10. The van der Waals surface area contributed by atoms with Gasteiger partial charge in [0.05, 0.1) is 24.1 Å². The fraction of sp³-hybridized carbons (Fsp3) is 0.344. The molecule has 0 saturated carbocycles. The van der Waals surface area contributed by atoms with Gasteiger partial charge in [-0.05, 0) is 44.6 Å². The van der Waals surface area contributed by atoms with Gasteiger partial charge in [-0.1, -0.05) is 12.1 Å². The number of fused-ring (bicyclic) bond motifs is 1. The Morgan fingerprint density at radius 2 is 2.04 bits per heavy atom. The van der Waals surface area contributed by atoms with Gasteiger partial charge in [0, 0.05) is 54.3 Å². The molecule has 0 bridgehead atoms. The summed E-state index contributed by atoms with van der Waals surface area (Å²) in [6.07, 6.45) is 4.42. The van der Waals surface area contributed by atoms with E-state index in [1.807, 2.05) is 7.05 Å². The summed E-state index contributed by atoms with van der Waals surface area (Å²) in [6, 6.07) is 8.00. The van der Waals surface area contributed by atoms with Crippen molar-refractivity contribution in [1.82, 2.24) is 24.8 Å². The normalized spacial score (nSPS) is 19.1. The van der Waals surface area contributed by atoms with Crippen LogP contribution in [0.1, 0.15) is 24.3 Å². The molecule has 1 N–H and O–H groups in total. The SMILES string of the molecule is CN1CCC[C@H]1COc1nc(N2CCN(C(=O)/C(F)=C/c3nccs3)[C@@H](CC#N)C2)c2ccc(-c3c(O)cccc3F)c(F)c2n1. The maximum atomic E-state index is 16.3. The van der Waals surface area contributed by atoms with E-state index in [2.05, 4.69) is 25.9 Å². The lowest BCUT2D eigenvalue weighted by Gasteiger charge is -2.41. The van der Waals surface area contributed by atoms with Crippen molar-refractivity contribution in [2.45, 2.75) is 31.3 Å². The maximum Gasteiger partial charge on any atom is 0.319 e. The number of halogens is 3. The van der Waals surface area contributed by atoms with Crippen molar-refractivity contribution in [2.24, 2.45) is 0 Å². The van der Waals surface area contributed by atoms with Gasteiger partial charge in [-0.25, -0.2) is 18.2 Å². The zero-order valence-corrected chi connectivity index (χ0v) is 25.7. The van der Waals surface area contributed by atoms with Crippen molar-refractivity contribution in [3.05, 3.63) is 64.4 Å². The molecule has 2 fully saturated rings. The minimum atomic E-state index is -0.989. The number of aromatic nitrogens is 3. The van der Waals surface area contributed by atoms with Crippen molar-refractivity contribution >= 4 is 40.0 Å². The van der Waals surface area contributed by atoms with Gasteiger partial charge in [0.25, 0.3) is 5.91 Å². The number of anilines is 1. The van der Waals surface area contributed by atoms with Gasteiger partial charge in [0.2, 0.25) is 0 Å². The number of amides is 1. The van der Waals surface area contributed by atoms with E-state index in [9.17, 15) is 23.9 Å². The summed E-state index contributed by atoms with van der Waals surface area (Å²) in [4.78, 5) is 31.4. The van der Waals surface area contributed by atoms with Gasteiger partial charge in [0.1, 0.15) is 34.5 Å². The number of rotatable bonds is 8. The standard InChI is InChI=1S/C32H30F3N7O3S/c1-40-12-3-4-20(40)18-45-32-38-29-22(8-7-21(28(29)35)27-23(33)5-2-6-25(27)43)30(39-32)41-13-14-42(19(17-41)9-10-36)31(44)24(34)16-26-37-11-15-46-26/h2,5-8,11,15-16,19-20,43H,3-4,9,12-14,17-18H2,1H3/b24-16-/t19-,20-/m0/s1. The number of aromatic hydroxyl groups is 1. The van der Waals surface area contributed by atoms with E-state index in [0.717, 1.165) is 31.5 Å². The third-order valence-electron chi connectivity index (χ3n) is 8.38. The molecule has 2 aliphatic heterocycles. The number of hydrogen-bond acceptors (Lipinski definition) is 10. The van der Waals surface area contributed by atoms with Crippen molar-refractivity contribution < 1.29 is 27.8 Å². The minimum absolute atomic E-state index is 0.0581. The summed E-state index contributed by atoms with van der Waals surface area (Å²) < 4.78 is 52.0. The van der Waals surface area contributed by atoms with E-state index in [1.54, 1.807) is 10.3 Å². The zero-order valence-electron chi connectivity index (χ0n) is 24.9. The molecular formula is C32H30F3N7O3S. The van der Waals surface area contributed by atoms with Crippen molar-refractivity contribution in [2.75, 3.05) is 44.7 Å². The van der Waals surface area contributed by atoms with Crippen LogP contribution < -0.4 is 9.64 Å². The van der Waals surface area contributed by atoms with Gasteiger partial charge in [-0.15, -0.1) is 11.3 Å². The second kappa shape index (κ2) is 13.3. The molecule has 238 valence electrons. The summed E-state index contributed by atoms with van der Waals surface area (Å²) >= 11 is 1.19. The number of piperazine rings is 1. The van der Waals surface area contributed by atoms with Crippen molar-refractivity contribution in [3.8, 4) is 29.0 Å². The third kappa shape index (κ3) is 6.20. The lowest BCUT2D eigenvalue weighted by molar-refractivity contribution is -0.131. The van der Waals surface area contributed by atoms with Gasteiger partial charge >= 0.3 is 6.01 Å². The largest absolute Gasteiger partial charge is 0.507 e. The number of thiazole rings is 1. The number of benzene rings is 2. The Kier molecular flexibility index (Phi) is 9.05. The Balaban J connectivity index is 1.37. The molecule has 14 heteroatoms. The molecule has 0 spiro atoms. The molecular weight excluding hydrogens is 619 g/mol. The fourth-order valence-electron chi connectivity index (χ4n) is 5.97. The Hall–Kier alpha value is -4.74. The van der Waals surface area contributed by atoms with Gasteiger partial charge in [-0.3, -0.25) is 4.79 Å². The summed E-state index contributed by atoms with van der Waals surface area (Å²) in [6.45, 7) is 1.53. The number of ether oxygens (including phenoxy) is 1. The van der Waals surface area contributed by atoms with Crippen LogP contribution in [0.25, 0.3) is 28.1 Å². The Labute approximate surface area is 267 Å². The van der Waals surface area contributed by atoms with E-state index in [0.29, 0.717) is 5.01 Å². The highest BCUT2D eigenvalue weighted by Crippen LogP contribution is 2.38. The van der Waals surface area contributed by atoms with Crippen molar-refractivity contribution in [3.63, 3.8) is 0 Å². The van der Waals surface area contributed by atoms with E-state index in [1.165, 1.54) is 46.7 Å². The number of phenolic OH excluding ortho intramolecular Hbond substituents is 1. The molecule has 4 heterocycles. The molecule has 2 saturated heterocycles. The highest BCUT2D eigenvalue weighted by Gasteiger charge is 2.34. The predicted octanol–water partition coefficient (Wildman–Crippen LogP) is 5.15. The molecule has 1 amide bonds. The van der Waals surface area contributed by atoms with Crippen LogP contribution in [0.5, 0.6) is 11.8 Å². The number of carbonyl (C=O) groups excluding carboxylic acids is 1. The number of nitrogens with zero attached hydrogens (tertiary/aromatic N) is 7. The first-order valence-electron chi connectivity index (χ1n) is 14.8. The smallest absolute Gasteiger partial charge is 0.319 e. The molecule has 2 atom stereocenters. The van der Waals surface area contributed by atoms with Crippen molar-refractivity contribution in [1.29, 1.82) is 5.26 Å². The Bertz CT molecular complexity index is 1810. The molecule has 2 aromatic heterocycles. The molecule has 46 heavy (non-hydrogen) atoms. The van der Waals surface area contributed by atoms with E-state index in [4.69, 9.17) is 4.74 Å². The first kappa shape index (κ1) is 31.3. The number of likely N-dealkylation sites (tertiary alicyclic amines) is 1. The molecule has 2 aliphatic rings. The second-order valence-corrected chi connectivity index (χ2v) is 12.1. The number of likely N-dealkylation sites (N-methyl/N-ethyl adjacent to an activating group) is 1. The summed E-state index contributed by atoms with van der Waals surface area (Å²) in [5, 5.41) is 22.3. The maximum absolute atomic E-state index is 16.3. The summed E-state index contributed by atoms with van der Waals surface area (Å²) in [5.74, 6) is -3.66. The van der Waals surface area contributed by atoms with E-state index >= 15 is 4.39 Å². The highest BCUT2D eigenvalue weighted by molar-refractivity contribution is 7.10. The summed E-state index contributed by atoms with van der Waals surface area (Å²) in [7, 11) is 1.99. The lowest BCUT2D eigenvalue weighted by atomic mass is 10.0. The molecule has 0 aliphatic carbocycles. The van der Waals surface area contributed by atoms with Crippen LogP contribution in [0.2, 0.25) is 0 Å². The molecule has 6 rings (SSSR count). The van der Waals surface area contributed by atoms with Gasteiger partial charge < -0.3 is 24.5 Å². The van der Waals surface area contributed by atoms with Crippen LogP contribution in [-0.2, 0) is 4.79 Å². The molecule has 0 radical (unpaired) electrons. The van der Waals surface area contributed by atoms with Crippen LogP contribution >= 0.6 is 11.3 Å². The molecule has 2 aromatic carbocycles. The average Bonchev–Trinajstić information content (AvgIpc) is 3.72. The molecule has 10 nitrogen and oxygen atoms in total. The monoisotopic (exact) mass is 649 g/mol. The predicted molar refractivity (Wildman–Crippen MR) is 167 cm³/mol. The van der Waals surface area contributed by atoms with Crippen LogP contribution in [-0.4, -0.2) is 87.7 Å². The van der Waals surface area contributed by atoms with Crippen LogP contribution in [0.15, 0.2) is 47.7 Å².